The van der Waals surface area contributed by atoms with Gasteiger partial charge in [-0.05, 0) is 30.7 Å². The van der Waals surface area contributed by atoms with Crippen LogP contribution in [-0.4, -0.2) is 59.8 Å². The lowest BCUT2D eigenvalue weighted by Crippen LogP contribution is -2.38. The van der Waals surface area contributed by atoms with E-state index in [0.717, 1.165) is 28.8 Å². The zero-order valence-electron chi connectivity index (χ0n) is 15.7. The van der Waals surface area contributed by atoms with Gasteiger partial charge in [0.2, 0.25) is 0 Å². The van der Waals surface area contributed by atoms with E-state index in [9.17, 15) is 4.79 Å². The second-order valence-electron chi connectivity index (χ2n) is 7.46. The fourth-order valence-corrected chi connectivity index (χ4v) is 2.63. The predicted octanol–water partition coefficient (Wildman–Crippen LogP) is 1.90. The average molecular weight is 353 g/mol. The molecule has 1 aliphatic rings. The largest absolute Gasteiger partial charge is 0.397 e. The van der Waals surface area contributed by atoms with Gasteiger partial charge in [0.05, 0.1) is 51.2 Å². The summed E-state index contributed by atoms with van der Waals surface area (Å²) in [5.41, 5.74) is 9.18. The molecule has 2 aromatic heterocycles. The monoisotopic (exact) mass is 353 g/mol. The molecule has 0 saturated heterocycles. The number of likely N-dealkylation sites (N-methyl/N-ethyl adjacent to an activating group) is 1. The summed E-state index contributed by atoms with van der Waals surface area (Å²) in [6.45, 7) is 3.47. The van der Waals surface area contributed by atoms with E-state index in [4.69, 9.17) is 10.7 Å². The number of hydrogen-bond donors (Lipinski definition) is 2. The number of carbonyl (C=O) groups is 1. The maximum absolute atomic E-state index is 11.8. The number of aromatic nitrogens is 2. The highest BCUT2D eigenvalue weighted by Crippen LogP contribution is 2.30. The lowest BCUT2D eigenvalue weighted by Gasteiger charge is -2.23. The number of aliphatic imine (C=N–C) groups is 1. The topological polar surface area (TPSA) is 84.8 Å². The Kier molecular flexibility index (Phi) is 4.65. The van der Waals surface area contributed by atoms with Crippen LogP contribution < -0.4 is 11.1 Å². The molecule has 26 heavy (non-hydrogen) atoms. The molecule has 7 heteroatoms. The summed E-state index contributed by atoms with van der Waals surface area (Å²) in [6, 6.07) is 5.83. The number of quaternary nitrogens is 1. The maximum Gasteiger partial charge on any atom is 0.183 e. The number of allylic oxidation sites excluding steroid dienone is 3. The highest BCUT2D eigenvalue weighted by Gasteiger charge is 2.17. The van der Waals surface area contributed by atoms with Gasteiger partial charge >= 0.3 is 0 Å². The molecule has 0 radical (unpaired) electrons. The van der Waals surface area contributed by atoms with E-state index in [2.05, 4.69) is 31.6 Å². The molecule has 0 atom stereocenters. The first kappa shape index (κ1) is 17.9. The summed E-state index contributed by atoms with van der Waals surface area (Å²) in [5.74, 6) is 0.621. The lowest BCUT2D eigenvalue weighted by molar-refractivity contribution is -0.868. The molecule has 0 saturated carbocycles. The minimum absolute atomic E-state index is 0.0809. The number of pyridine rings is 1. The molecule has 3 rings (SSSR count). The maximum atomic E-state index is 11.8. The number of nitrogens with two attached hydrogens (primary N) is 1. The molecular weight excluding hydrogens is 328 g/mol. The smallest absolute Gasteiger partial charge is 0.183 e. The molecule has 3 N–H and O–H groups in total. The van der Waals surface area contributed by atoms with Crippen LogP contribution in [0.5, 0.6) is 0 Å². The number of rotatable bonds is 5. The zero-order valence-corrected chi connectivity index (χ0v) is 15.7. The van der Waals surface area contributed by atoms with Crippen molar-refractivity contribution < 1.29 is 9.28 Å². The molecule has 0 amide bonds. The molecular formula is C19H25N6O+. The number of nitrogens with zero attached hydrogens (tertiary/aromatic N) is 4. The second kappa shape index (κ2) is 6.76. The van der Waals surface area contributed by atoms with Gasteiger partial charge in [0, 0.05) is 12.3 Å². The van der Waals surface area contributed by atoms with Crippen LogP contribution in [0.2, 0.25) is 0 Å². The third-order valence-electron chi connectivity index (χ3n) is 4.15. The van der Waals surface area contributed by atoms with Crippen molar-refractivity contribution in [2.45, 2.75) is 6.92 Å². The predicted molar refractivity (Wildman–Crippen MR) is 105 cm³/mol. The Labute approximate surface area is 153 Å². The highest BCUT2D eigenvalue weighted by atomic mass is 16.1. The Bertz CT molecular complexity index is 943. The normalized spacial score (nSPS) is 16.8. The Morgan fingerprint density at radius 1 is 1.27 bits per heavy atom. The molecule has 0 unspecified atom stereocenters. The molecule has 0 fully saturated rings. The van der Waals surface area contributed by atoms with Gasteiger partial charge in [0.15, 0.2) is 11.6 Å². The van der Waals surface area contributed by atoms with Gasteiger partial charge in [-0.25, -0.2) is 9.51 Å². The Morgan fingerprint density at radius 3 is 2.77 bits per heavy atom. The number of ketones is 1. The van der Waals surface area contributed by atoms with Gasteiger partial charge in [-0.1, -0.05) is 6.07 Å². The van der Waals surface area contributed by atoms with Gasteiger partial charge in [0.25, 0.3) is 0 Å². The standard InChI is InChI=1S/C19H24N6O/c1-13-11-15(14(20)12-17(13)26)22-18-16-7-5-6-9-24(16)23-19(18)21-8-10-25(2,3)4/h5-7,9,11-12H,8,10H2,1-4H3,(H2-,20,21,23,26)/p+1/b22-15+. The zero-order chi connectivity index (χ0) is 18.9. The Hall–Kier alpha value is -2.93. The molecule has 1 aliphatic carbocycles. The second-order valence-corrected chi connectivity index (χ2v) is 7.46. The van der Waals surface area contributed by atoms with Crippen LogP contribution >= 0.6 is 0 Å². The Morgan fingerprint density at radius 2 is 2.04 bits per heavy atom. The molecule has 0 bridgehead atoms. The van der Waals surface area contributed by atoms with Crippen LogP contribution in [0.1, 0.15) is 6.92 Å². The minimum atomic E-state index is -0.0809. The van der Waals surface area contributed by atoms with Gasteiger partial charge in [0.1, 0.15) is 5.69 Å². The van der Waals surface area contributed by atoms with E-state index in [1.54, 1.807) is 17.5 Å². The first-order valence-electron chi connectivity index (χ1n) is 8.55. The average Bonchev–Trinajstić information content (AvgIpc) is 2.89. The van der Waals surface area contributed by atoms with Crippen molar-refractivity contribution in [1.29, 1.82) is 0 Å². The van der Waals surface area contributed by atoms with Crippen LogP contribution in [0.25, 0.3) is 5.52 Å². The number of anilines is 1. The third kappa shape index (κ3) is 3.83. The summed E-state index contributed by atoms with van der Waals surface area (Å²) < 4.78 is 2.64. The van der Waals surface area contributed by atoms with Gasteiger partial charge < -0.3 is 15.5 Å². The molecule has 0 spiro atoms. The molecule has 7 nitrogen and oxygen atoms in total. The van der Waals surface area contributed by atoms with E-state index in [1.165, 1.54) is 6.08 Å². The first-order valence-corrected chi connectivity index (χ1v) is 8.55. The van der Waals surface area contributed by atoms with Crippen molar-refractivity contribution in [3.05, 3.63) is 47.8 Å². The first-order chi connectivity index (χ1) is 12.2. The van der Waals surface area contributed by atoms with Gasteiger partial charge in [-0.2, -0.15) is 0 Å². The quantitative estimate of drug-likeness (QED) is 0.635. The molecule has 0 aromatic carbocycles. The van der Waals surface area contributed by atoms with Gasteiger partial charge in [-0.15, -0.1) is 5.10 Å². The third-order valence-corrected chi connectivity index (χ3v) is 4.15. The van der Waals surface area contributed by atoms with Crippen molar-refractivity contribution in [3.63, 3.8) is 0 Å². The lowest BCUT2D eigenvalue weighted by atomic mass is 10.0. The number of nitrogens with one attached hydrogen (secondary N) is 1. The molecule has 0 aliphatic heterocycles. The van der Waals surface area contributed by atoms with E-state index < -0.39 is 0 Å². The molecule has 136 valence electrons. The number of carbonyl (C=O) groups excluding carboxylic acids is 1. The van der Waals surface area contributed by atoms with Crippen LogP contribution in [0.15, 0.2) is 52.8 Å². The minimum Gasteiger partial charge on any atom is -0.397 e. The van der Waals surface area contributed by atoms with Crippen molar-refractivity contribution >= 4 is 28.5 Å². The fraction of sp³-hybridized carbons (Fsp3) is 0.316. The molecule has 2 aromatic rings. The summed E-state index contributed by atoms with van der Waals surface area (Å²) in [4.78, 5) is 16.5. The van der Waals surface area contributed by atoms with Crippen LogP contribution in [-0.2, 0) is 4.79 Å². The van der Waals surface area contributed by atoms with Crippen LogP contribution in [0.3, 0.4) is 0 Å². The van der Waals surface area contributed by atoms with Crippen molar-refractivity contribution in [2.24, 2.45) is 10.7 Å². The van der Waals surface area contributed by atoms with Gasteiger partial charge in [-0.3, -0.25) is 4.79 Å². The SMILES string of the molecule is CC1=C/C(=N\c2c(NCC[N+](C)(C)C)nn3ccccc23)C(N)=CC1=O. The summed E-state index contributed by atoms with van der Waals surface area (Å²) in [6.07, 6.45) is 5.03. The number of fused-ring (bicyclic) bond motifs is 1. The fourth-order valence-electron chi connectivity index (χ4n) is 2.63. The van der Waals surface area contributed by atoms with Crippen LogP contribution in [0.4, 0.5) is 11.5 Å². The summed E-state index contributed by atoms with van der Waals surface area (Å²) >= 11 is 0. The van der Waals surface area contributed by atoms with E-state index in [1.807, 2.05) is 24.4 Å². The van der Waals surface area contributed by atoms with E-state index in [-0.39, 0.29) is 5.78 Å². The van der Waals surface area contributed by atoms with E-state index in [0.29, 0.717) is 22.8 Å². The Balaban J connectivity index is 2.01. The van der Waals surface area contributed by atoms with Crippen molar-refractivity contribution in [2.75, 3.05) is 39.5 Å². The molecule has 2 heterocycles. The summed E-state index contributed by atoms with van der Waals surface area (Å²) in [5, 5.41) is 7.98. The number of hydrogen-bond acceptors (Lipinski definition) is 5. The summed E-state index contributed by atoms with van der Waals surface area (Å²) in [7, 11) is 6.43. The van der Waals surface area contributed by atoms with Crippen molar-refractivity contribution in [3.8, 4) is 0 Å². The van der Waals surface area contributed by atoms with Crippen LogP contribution in [0, 0.1) is 0 Å². The van der Waals surface area contributed by atoms with Crippen molar-refractivity contribution in [1.82, 2.24) is 9.61 Å². The van der Waals surface area contributed by atoms with E-state index >= 15 is 0 Å². The highest BCUT2D eigenvalue weighted by molar-refractivity contribution is 6.22.